The average molecular weight is 343 g/mol. The Bertz CT molecular complexity index is 855. The van der Waals surface area contributed by atoms with Gasteiger partial charge >= 0.3 is 0 Å². The molecule has 2 aliphatic rings. The molecule has 124 valence electrons. The highest BCUT2D eigenvalue weighted by atomic mass is 32.2. The molecule has 4 rings (SSSR count). The van der Waals surface area contributed by atoms with Crippen molar-refractivity contribution in [1.29, 1.82) is 0 Å². The Kier molecular flexibility index (Phi) is 3.80. The van der Waals surface area contributed by atoms with E-state index in [1.165, 1.54) is 12.8 Å². The van der Waals surface area contributed by atoms with Gasteiger partial charge in [-0.25, -0.2) is 4.98 Å². The molecule has 1 aliphatic heterocycles. The van der Waals surface area contributed by atoms with E-state index in [1.54, 1.807) is 40.6 Å². The lowest BCUT2D eigenvalue weighted by Crippen LogP contribution is -2.25. The Morgan fingerprint density at radius 2 is 1.88 bits per heavy atom. The molecule has 1 amide bonds. The summed E-state index contributed by atoms with van der Waals surface area (Å²) in [4.78, 5) is 29.2. The highest BCUT2D eigenvalue weighted by Gasteiger charge is 2.28. The number of anilines is 1. The summed E-state index contributed by atoms with van der Waals surface area (Å²) in [5.74, 6) is 0.332. The van der Waals surface area contributed by atoms with Crippen molar-refractivity contribution in [2.45, 2.75) is 42.5 Å². The minimum atomic E-state index is -0.218. The van der Waals surface area contributed by atoms with Crippen LogP contribution >= 0.6 is 11.8 Å². The van der Waals surface area contributed by atoms with Crippen molar-refractivity contribution in [3.8, 4) is 11.4 Å². The number of aromatic nitrogens is 2. The van der Waals surface area contributed by atoms with Gasteiger partial charge in [0.25, 0.3) is 5.56 Å². The fourth-order valence-electron chi connectivity index (χ4n) is 3.20. The first-order valence-electron chi connectivity index (χ1n) is 8.03. The van der Waals surface area contributed by atoms with E-state index in [4.69, 9.17) is 0 Å². The van der Waals surface area contributed by atoms with Gasteiger partial charge in [0.05, 0.1) is 17.7 Å². The lowest BCUT2D eigenvalue weighted by atomic mass is 10.2. The molecule has 0 bridgehead atoms. The SMILES string of the molecule is O=C1Cc2c(nc(SC3CCCC3)n(-c3ccc(O)cc3)c2=O)N1. The maximum Gasteiger partial charge on any atom is 0.264 e. The largest absolute Gasteiger partial charge is 0.508 e. The van der Waals surface area contributed by atoms with Crippen molar-refractivity contribution in [2.75, 3.05) is 5.32 Å². The summed E-state index contributed by atoms with van der Waals surface area (Å²) in [5.41, 5.74) is 0.835. The summed E-state index contributed by atoms with van der Waals surface area (Å²) in [5, 5.41) is 13.2. The molecule has 0 atom stereocenters. The molecule has 2 N–H and O–H groups in total. The third-order valence-electron chi connectivity index (χ3n) is 4.42. The van der Waals surface area contributed by atoms with Crippen molar-refractivity contribution >= 4 is 23.5 Å². The Labute approximate surface area is 142 Å². The summed E-state index contributed by atoms with van der Waals surface area (Å²) in [6.07, 6.45) is 4.68. The number of aromatic hydroxyl groups is 1. The molecule has 0 saturated heterocycles. The highest BCUT2D eigenvalue weighted by Crippen LogP contribution is 2.35. The molecule has 1 aromatic carbocycles. The summed E-state index contributed by atoms with van der Waals surface area (Å²) >= 11 is 1.60. The van der Waals surface area contributed by atoms with E-state index in [9.17, 15) is 14.7 Å². The minimum Gasteiger partial charge on any atom is -0.508 e. The number of phenolic OH excluding ortho intramolecular Hbond substituents is 1. The molecule has 1 fully saturated rings. The second-order valence-electron chi connectivity index (χ2n) is 6.13. The van der Waals surface area contributed by atoms with E-state index >= 15 is 0 Å². The number of nitrogens with zero attached hydrogens (tertiary/aromatic N) is 2. The first-order chi connectivity index (χ1) is 11.6. The summed E-state index contributed by atoms with van der Waals surface area (Å²) in [7, 11) is 0. The van der Waals surface area contributed by atoms with Gasteiger partial charge in [-0.3, -0.25) is 14.2 Å². The van der Waals surface area contributed by atoms with Crippen LogP contribution in [0.1, 0.15) is 31.2 Å². The van der Waals surface area contributed by atoms with Gasteiger partial charge in [0.2, 0.25) is 5.91 Å². The van der Waals surface area contributed by atoms with Crippen molar-refractivity contribution in [3.63, 3.8) is 0 Å². The van der Waals surface area contributed by atoms with Crippen molar-refractivity contribution in [3.05, 3.63) is 40.2 Å². The standard InChI is InChI=1S/C17H17N3O3S/c21-11-7-5-10(6-8-11)20-16(23)13-9-14(22)18-15(13)19-17(20)24-12-3-1-2-4-12/h5-8,12,21H,1-4,9H2,(H,18,22). The molecule has 1 aromatic heterocycles. The average Bonchev–Trinajstić information content (AvgIpc) is 3.18. The monoisotopic (exact) mass is 343 g/mol. The van der Waals surface area contributed by atoms with Crippen LogP contribution in [-0.2, 0) is 11.2 Å². The van der Waals surface area contributed by atoms with Gasteiger partial charge in [-0.2, -0.15) is 0 Å². The Hall–Kier alpha value is -2.28. The van der Waals surface area contributed by atoms with Crippen LogP contribution in [0.5, 0.6) is 5.75 Å². The van der Waals surface area contributed by atoms with E-state index in [-0.39, 0.29) is 23.6 Å². The normalized spacial score (nSPS) is 17.1. The number of hydrogen-bond acceptors (Lipinski definition) is 5. The highest BCUT2D eigenvalue weighted by molar-refractivity contribution is 7.99. The zero-order chi connectivity index (χ0) is 16.7. The molecule has 1 saturated carbocycles. The first kappa shape index (κ1) is 15.3. The summed E-state index contributed by atoms with van der Waals surface area (Å²) in [6, 6.07) is 6.46. The van der Waals surface area contributed by atoms with E-state index in [2.05, 4.69) is 10.3 Å². The maximum atomic E-state index is 12.9. The quantitative estimate of drug-likeness (QED) is 0.837. The molecule has 2 aromatic rings. The molecule has 0 radical (unpaired) electrons. The zero-order valence-electron chi connectivity index (χ0n) is 13.0. The van der Waals surface area contributed by atoms with Gasteiger partial charge in [0, 0.05) is 5.25 Å². The molecule has 24 heavy (non-hydrogen) atoms. The van der Waals surface area contributed by atoms with E-state index in [1.807, 2.05) is 0 Å². The van der Waals surface area contributed by atoms with Gasteiger partial charge in [-0.15, -0.1) is 0 Å². The molecule has 0 spiro atoms. The number of hydrogen-bond donors (Lipinski definition) is 2. The van der Waals surface area contributed by atoms with Crippen LogP contribution in [0.2, 0.25) is 0 Å². The van der Waals surface area contributed by atoms with Crippen molar-refractivity contribution in [2.24, 2.45) is 0 Å². The molecule has 2 heterocycles. The second kappa shape index (κ2) is 5.98. The smallest absolute Gasteiger partial charge is 0.264 e. The number of phenols is 1. The van der Waals surface area contributed by atoms with Crippen LogP contribution in [0, 0.1) is 0 Å². The number of amides is 1. The number of carbonyl (C=O) groups is 1. The molecule has 7 heteroatoms. The number of carbonyl (C=O) groups excluding carboxylic acids is 1. The van der Waals surface area contributed by atoms with E-state index < -0.39 is 0 Å². The Balaban J connectivity index is 1.85. The van der Waals surface area contributed by atoms with Crippen LogP contribution in [0.15, 0.2) is 34.2 Å². The van der Waals surface area contributed by atoms with Crippen molar-refractivity contribution in [1.82, 2.24) is 9.55 Å². The zero-order valence-corrected chi connectivity index (χ0v) is 13.8. The third kappa shape index (κ3) is 2.69. The number of benzene rings is 1. The van der Waals surface area contributed by atoms with Crippen LogP contribution in [0.25, 0.3) is 5.69 Å². The summed E-state index contributed by atoms with van der Waals surface area (Å²) in [6.45, 7) is 0. The lowest BCUT2D eigenvalue weighted by molar-refractivity contribution is -0.115. The van der Waals surface area contributed by atoms with Crippen LogP contribution in [0.3, 0.4) is 0 Å². The number of nitrogens with one attached hydrogen (secondary N) is 1. The fourth-order valence-corrected chi connectivity index (χ4v) is 4.50. The second-order valence-corrected chi connectivity index (χ2v) is 7.40. The molecule has 0 unspecified atom stereocenters. The maximum absolute atomic E-state index is 12.9. The molecular weight excluding hydrogens is 326 g/mol. The third-order valence-corrected chi connectivity index (χ3v) is 5.71. The van der Waals surface area contributed by atoms with Gasteiger partial charge in [-0.1, -0.05) is 24.6 Å². The topological polar surface area (TPSA) is 84.2 Å². The number of fused-ring (bicyclic) bond motifs is 1. The Morgan fingerprint density at radius 3 is 2.58 bits per heavy atom. The van der Waals surface area contributed by atoms with Gasteiger partial charge in [0.15, 0.2) is 5.16 Å². The minimum absolute atomic E-state index is 0.0631. The van der Waals surface area contributed by atoms with E-state index in [0.717, 1.165) is 12.8 Å². The molecule has 1 aliphatic carbocycles. The predicted molar refractivity (Wildman–Crippen MR) is 91.9 cm³/mol. The van der Waals surface area contributed by atoms with Crippen LogP contribution < -0.4 is 10.9 Å². The first-order valence-corrected chi connectivity index (χ1v) is 8.91. The molecule has 6 nitrogen and oxygen atoms in total. The Morgan fingerprint density at radius 1 is 1.17 bits per heavy atom. The van der Waals surface area contributed by atoms with Crippen LogP contribution in [-0.4, -0.2) is 25.8 Å². The van der Waals surface area contributed by atoms with Crippen LogP contribution in [0.4, 0.5) is 5.82 Å². The van der Waals surface area contributed by atoms with Gasteiger partial charge in [-0.05, 0) is 37.1 Å². The fraction of sp³-hybridized carbons (Fsp3) is 0.353. The lowest BCUT2D eigenvalue weighted by Gasteiger charge is -2.16. The number of thioether (sulfide) groups is 1. The molecular formula is C17H17N3O3S. The van der Waals surface area contributed by atoms with Gasteiger partial charge in [0.1, 0.15) is 11.6 Å². The predicted octanol–water partition coefficient (Wildman–Crippen LogP) is 2.47. The summed E-state index contributed by atoms with van der Waals surface area (Å²) < 4.78 is 1.56. The van der Waals surface area contributed by atoms with E-state index in [0.29, 0.717) is 27.5 Å². The number of rotatable bonds is 3. The van der Waals surface area contributed by atoms with Crippen molar-refractivity contribution < 1.29 is 9.90 Å². The van der Waals surface area contributed by atoms with Gasteiger partial charge < -0.3 is 10.4 Å².